The maximum absolute atomic E-state index is 4.90. The van der Waals surface area contributed by atoms with E-state index in [1.54, 1.807) is 7.11 Å². The number of nitrogens with one attached hydrogen (secondary N) is 1. The van der Waals surface area contributed by atoms with Crippen LogP contribution in [0.2, 0.25) is 0 Å². The van der Waals surface area contributed by atoms with E-state index in [1.165, 1.54) is 18.6 Å². The van der Waals surface area contributed by atoms with Crippen molar-refractivity contribution in [2.45, 2.75) is 12.8 Å². The van der Waals surface area contributed by atoms with Crippen LogP contribution in [-0.2, 0) is 4.74 Å². The number of hydrogen-bond acceptors (Lipinski definition) is 3. The van der Waals surface area contributed by atoms with Crippen molar-refractivity contribution in [1.82, 2.24) is 5.32 Å². The Bertz CT molecular complexity index is 63.1. The second-order valence-corrected chi connectivity index (χ2v) is 3.43. The quantitative estimate of drug-likeness (QED) is 0.566. The third kappa shape index (κ3) is 10.3. The Labute approximate surface area is 74.1 Å². The molecule has 0 aromatic heterocycles. The van der Waals surface area contributed by atoms with E-state index in [1.807, 2.05) is 11.8 Å². The SMILES string of the molecule is COCCNCCCCSC. The molecule has 1 N–H and O–H groups in total. The monoisotopic (exact) mass is 177 g/mol. The first kappa shape index (κ1) is 11.3. The molecule has 0 aliphatic rings. The van der Waals surface area contributed by atoms with E-state index in [0.29, 0.717) is 0 Å². The van der Waals surface area contributed by atoms with Crippen molar-refractivity contribution in [3.05, 3.63) is 0 Å². The number of thioether (sulfide) groups is 1. The molecule has 0 aliphatic heterocycles. The molecule has 0 bridgehead atoms. The first-order valence-corrected chi connectivity index (χ1v) is 5.49. The van der Waals surface area contributed by atoms with Crippen molar-refractivity contribution < 1.29 is 4.74 Å². The van der Waals surface area contributed by atoms with Gasteiger partial charge in [-0.05, 0) is 31.4 Å². The average molecular weight is 177 g/mol. The summed E-state index contributed by atoms with van der Waals surface area (Å²) < 4.78 is 4.90. The smallest absolute Gasteiger partial charge is 0.0587 e. The van der Waals surface area contributed by atoms with E-state index < -0.39 is 0 Å². The third-order valence-corrected chi connectivity index (χ3v) is 2.13. The Balaban J connectivity index is 2.69. The standard InChI is InChI=1S/C8H19NOS/c1-10-7-6-9-5-3-4-8-11-2/h9H,3-8H2,1-2H3. The van der Waals surface area contributed by atoms with E-state index in [4.69, 9.17) is 4.74 Å². The Kier molecular flexibility index (Phi) is 10.5. The normalized spacial score (nSPS) is 10.4. The van der Waals surface area contributed by atoms with Gasteiger partial charge in [0.1, 0.15) is 0 Å². The van der Waals surface area contributed by atoms with Gasteiger partial charge in [0.15, 0.2) is 0 Å². The van der Waals surface area contributed by atoms with Gasteiger partial charge in [-0.2, -0.15) is 11.8 Å². The van der Waals surface area contributed by atoms with Gasteiger partial charge in [-0.15, -0.1) is 0 Å². The van der Waals surface area contributed by atoms with Crippen LogP contribution in [0.1, 0.15) is 12.8 Å². The molecule has 3 heteroatoms. The lowest BCUT2D eigenvalue weighted by atomic mass is 10.3. The fourth-order valence-electron chi connectivity index (χ4n) is 0.796. The molecule has 0 spiro atoms. The molecule has 0 saturated heterocycles. The van der Waals surface area contributed by atoms with Gasteiger partial charge in [0.2, 0.25) is 0 Å². The first-order valence-electron chi connectivity index (χ1n) is 4.10. The van der Waals surface area contributed by atoms with Crippen LogP contribution in [0.25, 0.3) is 0 Å². The molecule has 0 atom stereocenters. The van der Waals surface area contributed by atoms with Crippen molar-refractivity contribution in [3.63, 3.8) is 0 Å². The maximum atomic E-state index is 4.90. The lowest BCUT2D eigenvalue weighted by molar-refractivity contribution is 0.199. The predicted molar refractivity (Wildman–Crippen MR) is 52.4 cm³/mol. The van der Waals surface area contributed by atoms with Crippen LogP contribution in [0.4, 0.5) is 0 Å². The second-order valence-electron chi connectivity index (χ2n) is 2.44. The highest BCUT2D eigenvalue weighted by atomic mass is 32.2. The van der Waals surface area contributed by atoms with E-state index in [9.17, 15) is 0 Å². The molecule has 0 radical (unpaired) electrons. The summed E-state index contributed by atoms with van der Waals surface area (Å²) in [4.78, 5) is 0. The summed E-state index contributed by atoms with van der Waals surface area (Å²) in [6.45, 7) is 2.93. The zero-order chi connectivity index (χ0) is 8.36. The van der Waals surface area contributed by atoms with Crippen molar-refractivity contribution >= 4 is 11.8 Å². The molecule has 0 aromatic carbocycles. The topological polar surface area (TPSA) is 21.3 Å². The average Bonchev–Trinajstić information content (AvgIpc) is 2.03. The number of unbranched alkanes of at least 4 members (excludes halogenated alkanes) is 1. The minimum atomic E-state index is 0.822. The van der Waals surface area contributed by atoms with Gasteiger partial charge in [-0.3, -0.25) is 0 Å². The van der Waals surface area contributed by atoms with Crippen LogP contribution in [-0.4, -0.2) is 38.8 Å². The van der Waals surface area contributed by atoms with Gasteiger partial charge >= 0.3 is 0 Å². The molecular weight excluding hydrogens is 158 g/mol. The van der Waals surface area contributed by atoms with Crippen LogP contribution in [0, 0.1) is 0 Å². The summed E-state index contributed by atoms with van der Waals surface area (Å²) in [5.41, 5.74) is 0. The highest BCUT2D eigenvalue weighted by molar-refractivity contribution is 7.98. The van der Waals surface area contributed by atoms with Crippen molar-refractivity contribution in [2.75, 3.05) is 38.8 Å². The van der Waals surface area contributed by atoms with Crippen LogP contribution < -0.4 is 5.32 Å². The molecule has 0 unspecified atom stereocenters. The molecule has 0 fully saturated rings. The molecule has 2 nitrogen and oxygen atoms in total. The Hall–Kier alpha value is 0.270. The van der Waals surface area contributed by atoms with E-state index in [-0.39, 0.29) is 0 Å². The Morgan fingerprint density at radius 2 is 2.09 bits per heavy atom. The van der Waals surface area contributed by atoms with Gasteiger partial charge in [0.05, 0.1) is 6.61 Å². The zero-order valence-corrected chi connectivity index (χ0v) is 8.38. The fraction of sp³-hybridized carbons (Fsp3) is 1.00. The lowest BCUT2D eigenvalue weighted by Gasteiger charge is -2.02. The van der Waals surface area contributed by atoms with E-state index in [0.717, 1.165) is 19.7 Å². The van der Waals surface area contributed by atoms with Crippen molar-refractivity contribution in [1.29, 1.82) is 0 Å². The molecule has 68 valence electrons. The van der Waals surface area contributed by atoms with Crippen LogP contribution in [0.15, 0.2) is 0 Å². The third-order valence-electron chi connectivity index (χ3n) is 1.43. The molecule has 0 heterocycles. The number of methoxy groups -OCH3 is 1. The highest BCUT2D eigenvalue weighted by Crippen LogP contribution is 1.97. The molecule has 0 aromatic rings. The summed E-state index contributed by atoms with van der Waals surface area (Å²) >= 11 is 1.92. The summed E-state index contributed by atoms with van der Waals surface area (Å²) in [6.07, 6.45) is 4.75. The van der Waals surface area contributed by atoms with Gasteiger partial charge in [0.25, 0.3) is 0 Å². The number of rotatable bonds is 8. The second kappa shape index (κ2) is 10.3. The van der Waals surface area contributed by atoms with Crippen molar-refractivity contribution in [3.8, 4) is 0 Å². The van der Waals surface area contributed by atoms with Gasteiger partial charge < -0.3 is 10.1 Å². The van der Waals surface area contributed by atoms with E-state index >= 15 is 0 Å². The summed E-state index contributed by atoms with van der Waals surface area (Å²) in [7, 11) is 1.73. The molecule has 0 amide bonds. The summed E-state index contributed by atoms with van der Waals surface area (Å²) in [6, 6.07) is 0. The minimum absolute atomic E-state index is 0.822. The number of ether oxygens (including phenoxy) is 1. The van der Waals surface area contributed by atoms with Crippen LogP contribution >= 0.6 is 11.8 Å². The van der Waals surface area contributed by atoms with Gasteiger partial charge in [-0.25, -0.2) is 0 Å². The summed E-state index contributed by atoms with van der Waals surface area (Å²) in [5.74, 6) is 1.28. The highest BCUT2D eigenvalue weighted by Gasteiger charge is 1.87. The molecular formula is C8H19NOS. The fourth-order valence-corrected chi connectivity index (χ4v) is 1.29. The Morgan fingerprint density at radius 1 is 1.27 bits per heavy atom. The maximum Gasteiger partial charge on any atom is 0.0587 e. The minimum Gasteiger partial charge on any atom is -0.383 e. The molecule has 0 rings (SSSR count). The first-order chi connectivity index (χ1) is 5.41. The van der Waals surface area contributed by atoms with Crippen LogP contribution in [0.3, 0.4) is 0 Å². The Morgan fingerprint density at radius 3 is 2.73 bits per heavy atom. The van der Waals surface area contributed by atoms with Gasteiger partial charge in [0, 0.05) is 13.7 Å². The largest absolute Gasteiger partial charge is 0.383 e. The number of hydrogen-bond donors (Lipinski definition) is 1. The van der Waals surface area contributed by atoms with Crippen LogP contribution in [0.5, 0.6) is 0 Å². The zero-order valence-electron chi connectivity index (χ0n) is 7.56. The summed E-state index contributed by atoms with van der Waals surface area (Å²) in [5, 5.41) is 3.31. The predicted octanol–water partition coefficient (Wildman–Crippen LogP) is 1.37. The van der Waals surface area contributed by atoms with Gasteiger partial charge in [-0.1, -0.05) is 0 Å². The molecule has 0 aliphatic carbocycles. The van der Waals surface area contributed by atoms with Crippen molar-refractivity contribution in [2.24, 2.45) is 0 Å². The lowest BCUT2D eigenvalue weighted by Crippen LogP contribution is -2.20. The molecule has 11 heavy (non-hydrogen) atoms. The molecule has 0 saturated carbocycles. The van der Waals surface area contributed by atoms with E-state index in [2.05, 4.69) is 11.6 Å².